The highest BCUT2D eigenvalue weighted by molar-refractivity contribution is 7.90. The van der Waals surface area contributed by atoms with Gasteiger partial charge in [0, 0.05) is 13.1 Å². The molecule has 0 heterocycles. The third-order valence-corrected chi connectivity index (χ3v) is 5.29. The Morgan fingerprint density at radius 2 is 1.80 bits per heavy atom. The Hall–Kier alpha value is -0.910. The molecule has 0 saturated carbocycles. The summed E-state index contributed by atoms with van der Waals surface area (Å²) in [5.74, 6) is 0.350. The maximum atomic E-state index is 12.0. The Balaban J connectivity index is 2.39. The Bertz CT molecular complexity index is 474. The molecule has 0 aliphatic rings. The van der Waals surface area contributed by atoms with Gasteiger partial charge in [-0.25, -0.2) is 13.1 Å². The van der Waals surface area contributed by atoms with E-state index in [0.29, 0.717) is 19.0 Å². The van der Waals surface area contributed by atoms with Crippen LogP contribution in [0.5, 0.6) is 0 Å². The largest absolute Gasteiger partial charge is 0.316 e. The van der Waals surface area contributed by atoms with Gasteiger partial charge in [0.15, 0.2) is 0 Å². The van der Waals surface area contributed by atoms with Crippen molar-refractivity contribution in [2.45, 2.75) is 38.4 Å². The number of benzene rings is 1. The molecule has 0 amide bonds. The van der Waals surface area contributed by atoms with Crippen molar-refractivity contribution in [2.75, 3.05) is 19.6 Å². The van der Waals surface area contributed by atoms with E-state index in [1.165, 1.54) is 5.56 Å². The number of nitrogens with one attached hydrogen (secondary N) is 2. The summed E-state index contributed by atoms with van der Waals surface area (Å²) in [7, 11) is -3.22. The van der Waals surface area contributed by atoms with Crippen LogP contribution in [0.15, 0.2) is 30.3 Å². The van der Waals surface area contributed by atoms with Crippen LogP contribution in [-0.4, -0.2) is 33.3 Å². The fourth-order valence-electron chi connectivity index (χ4n) is 1.97. The quantitative estimate of drug-likeness (QED) is 0.734. The standard InChI is InChI=1S/C15H26N2O2S/c1-4-16-12-14(3)20(18,19)17-11-10-13(2)15-8-6-5-7-9-15/h5-9,13-14,16-17H,4,10-12H2,1-3H3. The first-order valence-corrected chi connectivity index (χ1v) is 8.76. The van der Waals surface area contributed by atoms with E-state index in [9.17, 15) is 8.42 Å². The first-order valence-electron chi connectivity index (χ1n) is 7.21. The third kappa shape index (κ3) is 5.61. The van der Waals surface area contributed by atoms with Gasteiger partial charge in [-0.15, -0.1) is 0 Å². The van der Waals surface area contributed by atoms with Crippen LogP contribution in [0.3, 0.4) is 0 Å². The fraction of sp³-hybridized carbons (Fsp3) is 0.600. The summed E-state index contributed by atoms with van der Waals surface area (Å²) < 4.78 is 26.7. The topological polar surface area (TPSA) is 58.2 Å². The van der Waals surface area contributed by atoms with Crippen molar-refractivity contribution in [3.63, 3.8) is 0 Å². The second kappa shape index (κ2) is 8.39. The van der Waals surface area contributed by atoms with Crippen LogP contribution in [-0.2, 0) is 10.0 Å². The van der Waals surface area contributed by atoms with Crippen molar-refractivity contribution in [1.29, 1.82) is 0 Å². The van der Waals surface area contributed by atoms with E-state index in [2.05, 4.69) is 29.1 Å². The molecule has 0 radical (unpaired) electrons. The highest BCUT2D eigenvalue weighted by atomic mass is 32.2. The molecule has 20 heavy (non-hydrogen) atoms. The summed E-state index contributed by atoms with van der Waals surface area (Å²) in [4.78, 5) is 0. The van der Waals surface area contributed by atoms with E-state index in [1.807, 2.05) is 25.1 Å². The van der Waals surface area contributed by atoms with E-state index in [-0.39, 0.29) is 0 Å². The Morgan fingerprint density at radius 3 is 2.40 bits per heavy atom. The highest BCUT2D eigenvalue weighted by Gasteiger charge is 2.19. The lowest BCUT2D eigenvalue weighted by atomic mass is 9.98. The molecule has 0 spiro atoms. The van der Waals surface area contributed by atoms with Gasteiger partial charge in [0.05, 0.1) is 5.25 Å². The van der Waals surface area contributed by atoms with Crippen LogP contribution >= 0.6 is 0 Å². The lowest BCUT2D eigenvalue weighted by molar-refractivity contribution is 0.553. The number of rotatable bonds is 9. The summed E-state index contributed by atoms with van der Waals surface area (Å²) in [6.07, 6.45) is 0.803. The van der Waals surface area contributed by atoms with Crippen molar-refractivity contribution >= 4 is 10.0 Å². The van der Waals surface area contributed by atoms with Crippen LogP contribution in [0.1, 0.15) is 38.7 Å². The lowest BCUT2D eigenvalue weighted by Crippen LogP contribution is -2.39. The molecule has 1 aromatic rings. The molecule has 1 rings (SSSR count). The first kappa shape index (κ1) is 17.1. The average molecular weight is 298 g/mol. The van der Waals surface area contributed by atoms with Crippen LogP contribution < -0.4 is 10.0 Å². The molecule has 4 nitrogen and oxygen atoms in total. The molecule has 2 unspecified atom stereocenters. The molecule has 0 aromatic heterocycles. The molecule has 0 bridgehead atoms. The van der Waals surface area contributed by atoms with Gasteiger partial charge in [-0.3, -0.25) is 0 Å². The summed E-state index contributed by atoms with van der Waals surface area (Å²) in [5.41, 5.74) is 1.24. The van der Waals surface area contributed by atoms with Crippen molar-refractivity contribution in [3.8, 4) is 0 Å². The number of hydrogen-bond acceptors (Lipinski definition) is 3. The highest BCUT2D eigenvalue weighted by Crippen LogP contribution is 2.17. The Morgan fingerprint density at radius 1 is 1.15 bits per heavy atom. The van der Waals surface area contributed by atoms with Crippen molar-refractivity contribution in [3.05, 3.63) is 35.9 Å². The summed E-state index contributed by atoms with van der Waals surface area (Å²) in [5, 5.41) is 2.65. The van der Waals surface area contributed by atoms with Crippen LogP contribution in [0.25, 0.3) is 0 Å². The SMILES string of the molecule is CCNCC(C)S(=O)(=O)NCCC(C)c1ccccc1. The van der Waals surface area contributed by atoms with Gasteiger partial charge in [-0.05, 0) is 31.4 Å². The average Bonchev–Trinajstić information content (AvgIpc) is 2.45. The van der Waals surface area contributed by atoms with Crippen molar-refractivity contribution in [1.82, 2.24) is 10.0 Å². The van der Waals surface area contributed by atoms with Crippen LogP contribution in [0.4, 0.5) is 0 Å². The zero-order chi connectivity index (χ0) is 15.0. The summed E-state index contributed by atoms with van der Waals surface area (Å²) >= 11 is 0. The zero-order valence-corrected chi connectivity index (χ0v) is 13.4. The molecule has 0 saturated heterocycles. The van der Waals surface area contributed by atoms with Gasteiger partial charge in [0.1, 0.15) is 0 Å². The van der Waals surface area contributed by atoms with Crippen molar-refractivity contribution in [2.24, 2.45) is 0 Å². The molecular formula is C15H26N2O2S. The number of sulfonamides is 1. The molecular weight excluding hydrogens is 272 g/mol. The summed E-state index contributed by atoms with van der Waals surface area (Å²) in [6, 6.07) is 10.2. The predicted octanol–water partition coefficient (Wildman–Crippen LogP) is 2.10. The van der Waals surface area contributed by atoms with Gasteiger partial charge < -0.3 is 5.32 Å². The lowest BCUT2D eigenvalue weighted by Gasteiger charge is -2.16. The Labute approximate surface area is 123 Å². The molecule has 0 aliphatic heterocycles. The van der Waals surface area contributed by atoms with Gasteiger partial charge in [0.2, 0.25) is 10.0 Å². The maximum absolute atomic E-state index is 12.0. The van der Waals surface area contributed by atoms with E-state index in [0.717, 1.165) is 13.0 Å². The van der Waals surface area contributed by atoms with Crippen molar-refractivity contribution < 1.29 is 8.42 Å². The fourth-order valence-corrected chi connectivity index (χ4v) is 2.99. The third-order valence-electron chi connectivity index (χ3n) is 3.46. The molecule has 0 aliphatic carbocycles. The van der Waals surface area contributed by atoms with Gasteiger partial charge in [-0.2, -0.15) is 0 Å². The second-order valence-electron chi connectivity index (χ2n) is 5.16. The van der Waals surface area contributed by atoms with Crippen LogP contribution in [0, 0.1) is 0 Å². The molecule has 2 atom stereocenters. The number of hydrogen-bond donors (Lipinski definition) is 2. The first-order chi connectivity index (χ1) is 9.47. The van der Waals surface area contributed by atoms with Gasteiger partial charge in [-0.1, -0.05) is 44.2 Å². The molecule has 5 heteroatoms. The minimum Gasteiger partial charge on any atom is -0.316 e. The molecule has 1 aromatic carbocycles. The predicted molar refractivity (Wildman–Crippen MR) is 84.4 cm³/mol. The minimum atomic E-state index is -3.22. The normalized spacial score (nSPS) is 14.9. The van der Waals surface area contributed by atoms with E-state index in [1.54, 1.807) is 6.92 Å². The molecule has 0 fully saturated rings. The van der Waals surface area contributed by atoms with E-state index in [4.69, 9.17) is 0 Å². The monoisotopic (exact) mass is 298 g/mol. The zero-order valence-electron chi connectivity index (χ0n) is 12.6. The second-order valence-corrected chi connectivity index (χ2v) is 7.34. The van der Waals surface area contributed by atoms with Gasteiger partial charge in [0.25, 0.3) is 0 Å². The van der Waals surface area contributed by atoms with E-state index < -0.39 is 15.3 Å². The van der Waals surface area contributed by atoms with Gasteiger partial charge >= 0.3 is 0 Å². The maximum Gasteiger partial charge on any atom is 0.215 e. The molecule has 114 valence electrons. The van der Waals surface area contributed by atoms with E-state index >= 15 is 0 Å². The smallest absolute Gasteiger partial charge is 0.215 e. The molecule has 2 N–H and O–H groups in total. The Kier molecular flexibility index (Phi) is 7.19. The summed E-state index contributed by atoms with van der Waals surface area (Å²) in [6.45, 7) is 7.56. The van der Waals surface area contributed by atoms with Crippen LogP contribution in [0.2, 0.25) is 0 Å². The minimum absolute atomic E-state index is 0.350.